The van der Waals surface area contributed by atoms with E-state index in [-0.39, 0.29) is 24.0 Å². The van der Waals surface area contributed by atoms with E-state index in [4.69, 9.17) is 4.42 Å². The van der Waals surface area contributed by atoms with Crippen LogP contribution in [0, 0.1) is 0 Å². The number of fused-ring (bicyclic) bond motifs is 1. The second kappa shape index (κ2) is 8.22. The molecule has 0 aliphatic carbocycles. The molecule has 7 heteroatoms. The van der Waals surface area contributed by atoms with E-state index >= 15 is 0 Å². The van der Waals surface area contributed by atoms with E-state index in [1.54, 1.807) is 48.5 Å². The first kappa shape index (κ1) is 18.9. The second-order valence-corrected chi connectivity index (χ2v) is 5.97. The van der Waals surface area contributed by atoms with Crippen molar-refractivity contribution in [1.29, 1.82) is 0 Å². The Hall–Kier alpha value is -3.87. The predicted octanol–water partition coefficient (Wildman–Crippen LogP) is 3.53. The van der Waals surface area contributed by atoms with Crippen molar-refractivity contribution in [2.24, 2.45) is 0 Å². The average Bonchev–Trinajstić information content (AvgIpc) is 3.10. The van der Waals surface area contributed by atoms with Crippen LogP contribution < -0.4 is 10.6 Å². The third-order valence-electron chi connectivity index (χ3n) is 3.93. The van der Waals surface area contributed by atoms with Crippen molar-refractivity contribution >= 4 is 40.1 Å². The number of anilines is 2. The van der Waals surface area contributed by atoms with Crippen LogP contribution in [0.4, 0.5) is 11.4 Å². The summed E-state index contributed by atoms with van der Waals surface area (Å²) in [4.78, 5) is 35.3. The number of nitrogens with one attached hydrogen (secondary N) is 2. The highest BCUT2D eigenvalue weighted by Gasteiger charge is 2.13. The highest BCUT2D eigenvalue weighted by molar-refractivity contribution is 5.99. The summed E-state index contributed by atoms with van der Waals surface area (Å²) in [7, 11) is 1.28. The van der Waals surface area contributed by atoms with Crippen molar-refractivity contribution in [3.63, 3.8) is 0 Å². The minimum absolute atomic E-state index is 0.0966. The van der Waals surface area contributed by atoms with Gasteiger partial charge in [-0.25, -0.2) is 4.79 Å². The van der Waals surface area contributed by atoms with Gasteiger partial charge in [-0.05, 0) is 48.0 Å². The lowest BCUT2D eigenvalue weighted by Gasteiger charge is -2.07. The van der Waals surface area contributed by atoms with Gasteiger partial charge in [-0.3, -0.25) is 9.59 Å². The monoisotopic (exact) mass is 378 g/mol. The maximum absolute atomic E-state index is 12.4. The van der Waals surface area contributed by atoms with Gasteiger partial charge >= 0.3 is 5.97 Å². The van der Waals surface area contributed by atoms with Crippen LogP contribution in [-0.4, -0.2) is 24.9 Å². The van der Waals surface area contributed by atoms with Crippen LogP contribution in [0.1, 0.15) is 16.1 Å². The zero-order valence-corrected chi connectivity index (χ0v) is 15.2. The molecule has 0 bridgehead atoms. The molecule has 3 rings (SSSR count). The standard InChI is InChI=1S/C21H18N2O5/c1-3-19(24)22-15-6-4-5-13(9-15)10-20(25)23-16-7-8-17-14(11-16)12-18(28-17)21(26)27-2/h3-9,11-12H,1,10H2,2H3,(H,22,24)(H,23,25). The van der Waals surface area contributed by atoms with E-state index in [1.165, 1.54) is 13.2 Å². The number of furan rings is 1. The first-order valence-electron chi connectivity index (χ1n) is 8.42. The van der Waals surface area contributed by atoms with Crippen molar-refractivity contribution in [3.8, 4) is 0 Å². The van der Waals surface area contributed by atoms with Gasteiger partial charge in [0.05, 0.1) is 13.5 Å². The molecule has 0 radical (unpaired) electrons. The second-order valence-electron chi connectivity index (χ2n) is 5.97. The van der Waals surface area contributed by atoms with E-state index in [2.05, 4.69) is 21.9 Å². The highest BCUT2D eigenvalue weighted by atomic mass is 16.5. The summed E-state index contributed by atoms with van der Waals surface area (Å²) in [6.45, 7) is 3.40. The molecule has 2 aromatic carbocycles. The first-order valence-corrected chi connectivity index (χ1v) is 8.42. The SMILES string of the molecule is C=CC(=O)Nc1cccc(CC(=O)Nc2ccc3oc(C(=O)OC)cc3c2)c1. The summed E-state index contributed by atoms with van der Waals surface area (Å²) >= 11 is 0. The van der Waals surface area contributed by atoms with Gasteiger partial charge in [-0.1, -0.05) is 18.7 Å². The van der Waals surface area contributed by atoms with Gasteiger partial charge in [0.1, 0.15) is 5.58 Å². The minimum atomic E-state index is -0.565. The van der Waals surface area contributed by atoms with Gasteiger partial charge in [-0.15, -0.1) is 0 Å². The molecule has 1 aromatic heterocycles. The van der Waals surface area contributed by atoms with Gasteiger partial charge in [0.15, 0.2) is 0 Å². The fraction of sp³-hybridized carbons (Fsp3) is 0.0952. The molecule has 2 N–H and O–H groups in total. The number of benzene rings is 2. The molecule has 28 heavy (non-hydrogen) atoms. The Morgan fingerprint density at radius 2 is 1.86 bits per heavy atom. The number of ether oxygens (including phenoxy) is 1. The maximum Gasteiger partial charge on any atom is 0.373 e. The summed E-state index contributed by atoms with van der Waals surface area (Å²) in [5.41, 5.74) is 2.43. The Balaban J connectivity index is 1.69. The molecule has 0 spiro atoms. The molecule has 7 nitrogen and oxygen atoms in total. The summed E-state index contributed by atoms with van der Waals surface area (Å²) in [5.74, 6) is -1.01. The highest BCUT2D eigenvalue weighted by Crippen LogP contribution is 2.24. The Morgan fingerprint density at radius 1 is 1.07 bits per heavy atom. The lowest BCUT2D eigenvalue weighted by molar-refractivity contribution is -0.115. The van der Waals surface area contributed by atoms with Gasteiger partial charge in [0.2, 0.25) is 17.6 Å². The Labute approximate surface area is 161 Å². The molecule has 142 valence electrons. The Morgan fingerprint density at radius 3 is 2.61 bits per heavy atom. The molecule has 3 aromatic rings. The van der Waals surface area contributed by atoms with Crippen molar-refractivity contribution in [1.82, 2.24) is 0 Å². The van der Waals surface area contributed by atoms with Crippen molar-refractivity contribution in [2.45, 2.75) is 6.42 Å². The number of amides is 2. The third kappa shape index (κ3) is 4.45. The average molecular weight is 378 g/mol. The molecule has 0 saturated heterocycles. The third-order valence-corrected chi connectivity index (χ3v) is 3.93. The molecule has 0 fully saturated rings. The molecule has 0 unspecified atom stereocenters. The number of methoxy groups -OCH3 is 1. The number of rotatable bonds is 6. The normalized spacial score (nSPS) is 10.3. The van der Waals surface area contributed by atoms with Crippen molar-refractivity contribution in [2.75, 3.05) is 17.7 Å². The molecule has 2 amide bonds. The van der Waals surface area contributed by atoms with E-state index in [0.717, 1.165) is 5.56 Å². The van der Waals surface area contributed by atoms with E-state index < -0.39 is 5.97 Å². The largest absolute Gasteiger partial charge is 0.463 e. The summed E-state index contributed by atoms with van der Waals surface area (Å²) in [5, 5.41) is 6.13. The fourth-order valence-corrected chi connectivity index (χ4v) is 2.67. The molecule has 0 atom stereocenters. The zero-order valence-electron chi connectivity index (χ0n) is 15.2. The topological polar surface area (TPSA) is 97.6 Å². The number of esters is 1. The first-order chi connectivity index (χ1) is 13.5. The number of hydrogen-bond donors (Lipinski definition) is 2. The Kier molecular flexibility index (Phi) is 5.55. The van der Waals surface area contributed by atoms with Crippen LogP contribution >= 0.6 is 0 Å². The van der Waals surface area contributed by atoms with Gasteiger partial charge in [0.25, 0.3) is 0 Å². The van der Waals surface area contributed by atoms with Gasteiger partial charge < -0.3 is 19.8 Å². The molecule has 1 heterocycles. The molecular formula is C21H18N2O5. The smallest absolute Gasteiger partial charge is 0.373 e. The van der Waals surface area contributed by atoms with Crippen LogP contribution in [0.25, 0.3) is 11.0 Å². The van der Waals surface area contributed by atoms with Crippen molar-refractivity contribution < 1.29 is 23.5 Å². The van der Waals surface area contributed by atoms with Crippen LogP contribution in [0.15, 0.2) is 65.6 Å². The minimum Gasteiger partial charge on any atom is -0.463 e. The summed E-state index contributed by atoms with van der Waals surface area (Å²) in [6, 6.07) is 13.6. The quantitative estimate of drug-likeness (QED) is 0.505. The van der Waals surface area contributed by atoms with Crippen LogP contribution in [0.2, 0.25) is 0 Å². The Bertz CT molecular complexity index is 1070. The van der Waals surface area contributed by atoms with E-state index in [1.807, 2.05) is 0 Å². The lowest BCUT2D eigenvalue weighted by Crippen LogP contribution is -2.14. The zero-order chi connectivity index (χ0) is 20.1. The van der Waals surface area contributed by atoms with Crippen LogP contribution in [0.5, 0.6) is 0 Å². The summed E-state index contributed by atoms with van der Waals surface area (Å²) < 4.78 is 10.0. The molecular weight excluding hydrogens is 360 g/mol. The predicted molar refractivity (Wildman–Crippen MR) is 105 cm³/mol. The number of carbonyl (C=O) groups excluding carboxylic acids is 3. The molecule has 0 saturated carbocycles. The fourth-order valence-electron chi connectivity index (χ4n) is 2.67. The number of carbonyl (C=O) groups is 3. The number of hydrogen-bond acceptors (Lipinski definition) is 5. The van der Waals surface area contributed by atoms with E-state index in [9.17, 15) is 14.4 Å². The van der Waals surface area contributed by atoms with Crippen LogP contribution in [-0.2, 0) is 20.7 Å². The molecule has 0 aliphatic heterocycles. The van der Waals surface area contributed by atoms with Gasteiger partial charge in [0, 0.05) is 16.8 Å². The summed E-state index contributed by atoms with van der Waals surface area (Å²) in [6.07, 6.45) is 1.31. The maximum atomic E-state index is 12.4. The lowest BCUT2D eigenvalue weighted by atomic mass is 10.1. The van der Waals surface area contributed by atoms with E-state index in [0.29, 0.717) is 22.3 Å². The van der Waals surface area contributed by atoms with Crippen molar-refractivity contribution in [3.05, 3.63) is 72.5 Å². The van der Waals surface area contributed by atoms with Gasteiger partial charge in [-0.2, -0.15) is 0 Å². The van der Waals surface area contributed by atoms with Crippen LogP contribution in [0.3, 0.4) is 0 Å². The molecule has 0 aliphatic rings.